The van der Waals surface area contributed by atoms with E-state index in [9.17, 15) is 0 Å². The maximum atomic E-state index is 2.55. The second-order valence-corrected chi connectivity index (χ2v) is 13.1. The standard InChI is InChI=1S/C17H35P/c1-10-17(11-2)12-15(6,7)18(14(3,4)5)16(8,9)13-17/h10-13H2,1-9H3. The van der Waals surface area contributed by atoms with E-state index in [2.05, 4.69) is 62.3 Å². The van der Waals surface area contributed by atoms with Crippen molar-refractivity contribution in [3.63, 3.8) is 0 Å². The van der Waals surface area contributed by atoms with Crippen LogP contribution in [0.25, 0.3) is 0 Å². The van der Waals surface area contributed by atoms with Gasteiger partial charge in [-0.05, 0) is 33.7 Å². The zero-order valence-electron chi connectivity index (χ0n) is 14.3. The molecule has 0 N–H and O–H groups in total. The molecule has 1 fully saturated rings. The molecule has 108 valence electrons. The maximum Gasteiger partial charge on any atom is -0.0136 e. The van der Waals surface area contributed by atoms with Crippen LogP contribution >= 0.6 is 7.92 Å². The summed E-state index contributed by atoms with van der Waals surface area (Å²) in [5, 5.41) is 1.50. The van der Waals surface area contributed by atoms with Crippen molar-refractivity contribution in [1.29, 1.82) is 0 Å². The highest BCUT2D eigenvalue weighted by molar-refractivity contribution is 7.62. The molecule has 0 aromatic rings. The molecule has 0 nitrogen and oxygen atoms in total. The van der Waals surface area contributed by atoms with Crippen LogP contribution in [-0.4, -0.2) is 15.5 Å². The van der Waals surface area contributed by atoms with Gasteiger partial charge in [-0.25, -0.2) is 0 Å². The SMILES string of the molecule is CCC1(CC)CC(C)(C)P(C(C)(C)C)C(C)(C)C1. The molecule has 1 rings (SSSR count). The van der Waals surface area contributed by atoms with Gasteiger partial charge in [-0.1, -0.05) is 83.1 Å². The Kier molecular flexibility index (Phi) is 4.36. The fourth-order valence-corrected chi connectivity index (χ4v) is 11.7. The van der Waals surface area contributed by atoms with Crippen LogP contribution in [0.1, 0.15) is 88.0 Å². The minimum atomic E-state index is 0.0308. The summed E-state index contributed by atoms with van der Waals surface area (Å²) in [6.07, 6.45) is 5.56. The predicted octanol–water partition coefficient (Wildman–Crippen LogP) is 6.42. The van der Waals surface area contributed by atoms with Gasteiger partial charge in [0.1, 0.15) is 0 Å². The second kappa shape index (κ2) is 4.76. The van der Waals surface area contributed by atoms with Gasteiger partial charge in [0.2, 0.25) is 0 Å². The number of rotatable bonds is 2. The lowest BCUT2D eigenvalue weighted by Gasteiger charge is -2.61. The van der Waals surface area contributed by atoms with Crippen molar-refractivity contribution in [3.05, 3.63) is 0 Å². The zero-order valence-corrected chi connectivity index (χ0v) is 15.2. The molecule has 0 atom stereocenters. The lowest BCUT2D eigenvalue weighted by Crippen LogP contribution is -2.49. The number of hydrogen-bond donors (Lipinski definition) is 0. The van der Waals surface area contributed by atoms with E-state index < -0.39 is 0 Å². The zero-order chi connectivity index (χ0) is 14.4. The molecule has 1 aliphatic rings. The van der Waals surface area contributed by atoms with E-state index in [4.69, 9.17) is 0 Å². The Bertz CT molecular complexity index is 269. The monoisotopic (exact) mass is 270 g/mol. The topological polar surface area (TPSA) is 0 Å². The van der Waals surface area contributed by atoms with Crippen molar-refractivity contribution in [3.8, 4) is 0 Å². The minimum Gasteiger partial charge on any atom is -0.0895 e. The highest BCUT2D eigenvalue weighted by Gasteiger charge is 2.55. The van der Waals surface area contributed by atoms with E-state index in [-0.39, 0.29) is 7.92 Å². The van der Waals surface area contributed by atoms with Crippen molar-refractivity contribution in [1.82, 2.24) is 0 Å². The van der Waals surface area contributed by atoms with Crippen LogP contribution < -0.4 is 0 Å². The van der Waals surface area contributed by atoms with E-state index in [1.165, 1.54) is 25.7 Å². The summed E-state index contributed by atoms with van der Waals surface area (Å²) in [6, 6.07) is 0. The smallest absolute Gasteiger partial charge is 0.0136 e. The van der Waals surface area contributed by atoms with Gasteiger partial charge in [-0.2, -0.15) is 0 Å². The van der Waals surface area contributed by atoms with Crippen molar-refractivity contribution >= 4 is 7.92 Å². The molecule has 0 aromatic heterocycles. The van der Waals surface area contributed by atoms with Gasteiger partial charge in [0.05, 0.1) is 0 Å². The first-order valence-electron chi connectivity index (χ1n) is 7.71. The van der Waals surface area contributed by atoms with E-state index >= 15 is 0 Å². The quantitative estimate of drug-likeness (QED) is 0.507. The molecule has 0 radical (unpaired) electrons. The van der Waals surface area contributed by atoms with Gasteiger partial charge < -0.3 is 0 Å². The minimum absolute atomic E-state index is 0.0308. The molecule has 18 heavy (non-hydrogen) atoms. The summed E-state index contributed by atoms with van der Waals surface area (Å²) in [6.45, 7) is 22.4. The van der Waals surface area contributed by atoms with Crippen LogP contribution in [0.4, 0.5) is 0 Å². The molecule has 1 heterocycles. The third-order valence-corrected chi connectivity index (χ3v) is 9.08. The fourth-order valence-electron chi connectivity index (χ4n) is 5.44. The molecule has 0 saturated carbocycles. The van der Waals surface area contributed by atoms with Crippen molar-refractivity contribution < 1.29 is 0 Å². The Labute approximate surface area is 117 Å². The van der Waals surface area contributed by atoms with Gasteiger partial charge in [0, 0.05) is 0 Å². The van der Waals surface area contributed by atoms with E-state index in [0.717, 1.165) is 0 Å². The fraction of sp³-hybridized carbons (Fsp3) is 1.00. The van der Waals surface area contributed by atoms with Gasteiger partial charge in [0.25, 0.3) is 0 Å². The molecular weight excluding hydrogens is 235 g/mol. The first kappa shape index (κ1) is 16.5. The summed E-state index contributed by atoms with van der Waals surface area (Å²) in [4.78, 5) is 0. The largest absolute Gasteiger partial charge is 0.0895 e. The Balaban J connectivity index is 3.21. The molecule has 0 spiro atoms. The summed E-state index contributed by atoms with van der Waals surface area (Å²) >= 11 is 0. The maximum absolute atomic E-state index is 2.55. The molecule has 1 heteroatoms. The lowest BCUT2D eigenvalue weighted by atomic mass is 9.69. The Morgan fingerprint density at radius 2 is 1.17 bits per heavy atom. The summed E-state index contributed by atoms with van der Waals surface area (Å²) in [5.41, 5.74) is 0.594. The Morgan fingerprint density at radius 3 is 1.39 bits per heavy atom. The Morgan fingerprint density at radius 1 is 0.833 bits per heavy atom. The summed E-state index contributed by atoms with van der Waals surface area (Å²) in [7, 11) is 0.0308. The molecule has 0 bridgehead atoms. The predicted molar refractivity (Wildman–Crippen MR) is 87.1 cm³/mol. The first-order chi connectivity index (χ1) is 7.90. The Hall–Kier alpha value is 0.430. The molecule has 0 aliphatic carbocycles. The summed E-state index contributed by atoms with van der Waals surface area (Å²) < 4.78 is 0. The molecule has 1 aliphatic heterocycles. The van der Waals surface area contributed by atoms with Crippen LogP contribution in [0, 0.1) is 5.41 Å². The van der Waals surface area contributed by atoms with E-state index in [1.54, 1.807) is 0 Å². The average Bonchev–Trinajstić information content (AvgIpc) is 2.10. The highest BCUT2D eigenvalue weighted by atomic mass is 31.1. The molecular formula is C17H35P. The molecule has 0 aromatic carbocycles. The molecule has 1 saturated heterocycles. The van der Waals surface area contributed by atoms with Gasteiger partial charge in [-0.3, -0.25) is 0 Å². The first-order valence-corrected chi connectivity index (χ1v) is 9.05. The van der Waals surface area contributed by atoms with Crippen molar-refractivity contribution in [2.75, 3.05) is 0 Å². The van der Waals surface area contributed by atoms with Crippen LogP contribution in [0.2, 0.25) is 0 Å². The highest BCUT2D eigenvalue weighted by Crippen LogP contribution is 2.75. The molecule has 0 unspecified atom stereocenters. The number of hydrogen-bond acceptors (Lipinski definition) is 0. The van der Waals surface area contributed by atoms with Gasteiger partial charge in [0.15, 0.2) is 0 Å². The van der Waals surface area contributed by atoms with Gasteiger partial charge in [-0.15, -0.1) is 0 Å². The van der Waals surface area contributed by atoms with Gasteiger partial charge >= 0.3 is 0 Å². The normalized spacial score (nSPS) is 27.2. The van der Waals surface area contributed by atoms with Crippen molar-refractivity contribution in [2.45, 2.75) is 103 Å². The van der Waals surface area contributed by atoms with E-state index in [1.807, 2.05) is 0 Å². The third kappa shape index (κ3) is 2.95. The van der Waals surface area contributed by atoms with Crippen molar-refractivity contribution in [2.24, 2.45) is 5.41 Å². The summed E-state index contributed by atoms with van der Waals surface area (Å²) in [5.74, 6) is 0. The lowest BCUT2D eigenvalue weighted by molar-refractivity contribution is 0.160. The average molecular weight is 270 g/mol. The van der Waals surface area contributed by atoms with Crippen LogP contribution in [-0.2, 0) is 0 Å². The van der Waals surface area contributed by atoms with E-state index in [0.29, 0.717) is 20.9 Å². The third-order valence-electron chi connectivity index (χ3n) is 5.00. The van der Waals surface area contributed by atoms with Crippen LogP contribution in [0.3, 0.4) is 0 Å². The van der Waals surface area contributed by atoms with Crippen LogP contribution in [0.5, 0.6) is 0 Å². The van der Waals surface area contributed by atoms with Crippen LogP contribution in [0.15, 0.2) is 0 Å². The molecule has 0 amide bonds. The second-order valence-electron chi connectivity index (χ2n) is 8.69.